The van der Waals surface area contributed by atoms with Crippen LogP contribution in [0.2, 0.25) is 5.02 Å². The summed E-state index contributed by atoms with van der Waals surface area (Å²) in [7, 11) is 0. The molecule has 76 valence electrons. The first-order valence-corrected chi connectivity index (χ1v) is 5.17. The summed E-state index contributed by atoms with van der Waals surface area (Å²) in [6.45, 7) is 1.17. The summed E-state index contributed by atoms with van der Waals surface area (Å²) in [6, 6.07) is 3.66. The maximum atomic E-state index is 6.02. The van der Waals surface area contributed by atoms with E-state index in [9.17, 15) is 0 Å². The molecule has 2 atom stereocenters. The van der Waals surface area contributed by atoms with Crippen molar-refractivity contribution in [3.63, 3.8) is 0 Å². The molecule has 5 heteroatoms. The fraction of sp³-hybridized carbons (Fsp3) is 0.444. The first kappa shape index (κ1) is 10.0. The molecule has 1 aromatic rings. The summed E-state index contributed by atoms with van der Waals surface area (Å²) in [4.78, 5) is 4.12. The summed E-state index contributed by atoms with van der Waals surface area (Å²) in [5, 5.41) is 3.74. The SMILES string of the molecule is Clc1cccnc1NC1COCC1Cl. The van der Waals surface area contributed by atoms with Crippen molar-refractivity contribution in [3.8, 4) is 0 Å². The molecule has 0 aromatic carbocycles. The van der Waals surface area contributed by atoms with Crippen molar-refractivity contribution >= 4 is 29.0 Å². The van der Waals surface area contributed by atoms with E-state index in [0.29, 0.717) is 24.1 Å². The van der Waals surface area contributed by atoms with Crippen LogP contribution in [0, 0.1) is 0 Å². The van der Waals surface area contributed by atoms with Crippen molar-refractivity contribution in [2.45, 2.75) is 11.4 Å². The van der Waals surface area contributed by atoms with Crippen LogP contribution in [0.25, 0.3) is 0 Å². The molecule has 0 amide bonds. The standard InChI is InChI=1S/C9H10Cl2N2O/c10-6-2-1-3-12-9(6)13-8-5-14-4-7(8)11/h1-3,7-8H,4-5H2,(H,12,13). The lowest BCUT2D eigenvalue weighted by Crippen LogP contribution is -2.28. The second-order valence-corrected chi connectivity index (χ2v) is 4.11. The van der Waals surface area contributed by atoms with Gasteiger partial charge in [-0.1, -0.05) is 11.6 Å². The third kappa shape index (κ3) is 2.11. The van der Waals surface area contributed by atoms with Crippen LogP contribution in [0.1, 0.15) is 0 Å². The monoisotopic (exact) mass is 232 g/mol. The van der Waals surface area contributed by atoms with E-state index in [-0.39, 0.29) is 11.4 Å². The van der Waals surface area contributed by atoms with Gasteiger partial charge in [0.05, 0.1) is 29.7 Å². The molecule has 0 bridgehead atoms. The Morgan fingerprint density at radius 2 is 2.36 bits per heavy atom. The van der Waals surface area contributed by atoms with E-state index >= 15 is 0 Å². The number of rotatable bonds is 2. The highest BCUT2D eigenvalue weighted by Crippen LogP contribution is 2.22. The quantitative estimate of drug-likeness (QED) is 0.794. The molecule has 1 N–H and O–H groups in total. The lowest BCUT2D eigenvalue weighted by atomic mass is 10.2. The molecule has 1 fully saturated rings. The second-order valence-electron chi connectivity index (χ2n) is 3.14. The molecule has 0 spiro atoms. The molecule has 0 saturated carbocycles. The zero-order valence-corrected chi connectivity index (χ0v) is 8.92. The molecule has 3 nitrogen and oxygen atoms in total. The molecule has 2 unspecified atom stereocenters. The second kappa shape index (κ2) is 4.34. The van der Waals surface area contributed by atoms with Gasteiger partial charge in [-0.15, -0.1) is 11.6 Å². The maximum Gasteiger partial charge on any atom is 0.145 e. The van der Waals surface area contributed by atoms with E-state index in [1.807, 2.05) is 0 Å². The first-order valence-electron chi connectivity index (χ1n) is 4.36. The van der Waals surface area contributed by atoms with Crippen LogP contribution in [0.15, 0.2) is 18.3 Å². The van der Waals surface area contributed by atoms with Gasteiger partial charge in [-0.2, -0.15) is 0 Å². The highest BCUT2D eigenvalue weighted by atomic mass is 35.5. The van der Waals surface area contributed by atoms with Crippen LogP contribution in [0.3, 0.4) is 0 Å². The molecule has 0 radical (unpaired) electrons. The van der Waals surface area contributed by atoms with Gasteiger partial charge in [-0.3, -0.25) is 0 Å². The van der Waals surface area contributed by atoms with Crippen LogP contribution >= 0.6 is 23.2 Å². The first-order chi connectivity index (χ1) is 6.77. The summed E-state index contributed by atoms with van der Waals surface area (Å²) in [6.07, 6.45) is 1.69. The Balaban J connectivity index is 2.07. The molecule has 2 rings (SSSR count). The lowest BCUT2D eigenvalue weighted by Gasteiger charge is -2.15. The van der Waals surface area contributed by atoms with Gasteiger partial charge >= 0.3 is 0 Å². The van der Waals surface area contributed by atoms with Crippen LogP contribution in [-0.2, 0) is 4.74 Å². The zero-order valence-electron chi connectivity index (χ0n) is 7.41. The van der Waals surface area contributed by atoms with Crippen molar-refractivity contribution in [2.24, 2.45) is 0 Å². The number of aromatic nitrogens is 1. The highest BCUT2D eigenvalue weighted by molar-refractivity contribution is 6.32. The van der Waals surface area contributed by atoms with Gasteiger partial charge in [-0.25, -0.2) is 4.98 Å². The fourth-order valence-corrected chi connectivity index (χ4v) is 1.73. The zero-order chi connectivity index (χ0) is 9.97. The molecule has 1 aliphatic heterocycles. The minimum Gasteiger partial charge on any atom is -0.378 e. The van der Waals surface area contributed by atoms with E-state index in [0.717, 1.165) is 0 Å². The Bertz CT molecular complexity index is 321. The van der Waals surface area contributed by atoms with Gasteiger partial charge in [0.2, 0.25) is 0 Å². The predicted octanol–water partition coefficient (Wildman–Crippen LogP) is 2.15. The van der Waals surface area contributed by atoms with Gasteiger partial charge < -0.3 is 10.1 Å². The van der Waals surface area contributed by atoms with Crippen LogP contribution in [0.4, 0.5) is 5.82 Å². The molecule has 0 aliphatic carbocycles. The van der Waals surface area contributed by atoms with Crippen molar-refractivity contribution in [1.82, 2.24) is 4.98 Å². The Labute approximate surface area is 92.4 Å². The van der Waals surface area contributed by atoms with Gasteiger partial charge in [-0.05, 0) is 12.1 Å². The number of nitrogens with one attached hydrogen (secondary N) is 1. The minimum atomic E-state index is -0.0203. The molecule has 1 saturated heterocycles. The van der Waals surface area contributed by atoms with E-state index < -0.39 is 0 Å². The lowest BCUT2D eigenvalue weighted by molar-refractivity contribution is 0.196. The fourth-order valence-electron chi connectivity index (χ4n) is 1.33. The smallest absolute Gasteiger partial charge is 0.145 e. The number of anilines is 1. The molecule has 1 aliphatic rings. The largest absolute Gasteiger partial charge is 0.378 e. The third-order valence-corrected chi connectivity index (χ3v) is 2.83. The van der Waals surface area contributed by atoms with E-state index in [4.69, 9.17) is 27.9 Å². The normalized spacial score (nSPS) is 26.4. The van der Waals surface area contributed by atoms with E-state index in [2.05, 4.69) is 10.3 Å². The average molecular weight is 233 g/mol. The Hall–Kier alpha value is -0.510. The number of nitrogens with zero attached hydrogens (tertiary/aromatic N) is 1. The van der Waals surface area contributed by atoms with Crippen molar-refractivity contribution in [3.05, 3.63) is 23.4 Å². The van der Waals surface area contributed by atoms with Crippen molar-refractivity contribution in [1.29, 1.82) is 0 Å². The highest BCUT2D eigenvalue weighted by Gasteiger charge is 2.26. The van der Waals surface area contributed by atoms with Crippen molar-refractivity contribution < 1.29 is 4.74 Å². The number of hydrogen-bond acceptors (Lipinski definition) is 3. The summed E-state index contributed by atoms with van der Waals surface area (Å²) in [5.74, 6) is 0.662. The third-order valence-electron chi connectivity index (χ3n) is 2.09. The predicted molar refractivity (Wildman–Crippen MR) is 57.1 cm³/mol. The maximum absolute atomic E-state index is 6.02. The number of ether oxygens (including phenoxy) is 1. The molecule has 2 heterocycles. The average Bonchev–Trinajstić information content (AvgIpc) is 2.56. The van der Waals surface area contributed by atoms with Crippen LogP contribution < -0.4 is 5.32 Å². The minimum absolute atomic E-state index is 0.0203. The molecule has 1 aromatic heterocycles. The molecular formula is C9H10Cl2N2O. The summed E-state index contributed by atoms with van der Waals surface area (Å²) in [5.41, 5.74) is 0. The number of hydrogen-bond donors (Lipinski definition) is 1. The number of alkyl halides is 1. The summed E-state index contributed by atoms with van der Waals surface area (Å²) < 4.78 is 5.22. The number of halogens is 2. The van der Waals surface area contributed by atoms with Crippen LogP contribution in [-0.4, -0.2) is 29.6 Å². The molecular weight excluding hydrogens is 223 g/mol. The van der Waals surface area contributed by atoms with Gasteiger partial charge in [0.1, 0.15) is 5.82 Å². The van der Waals surface area contributed by atoms with E-state index in [1.165, 1.54) is 0 Å². The van der Waals surface area contributed by atoms with Gasteiger partial charge in [0, 0.05) is 6.20 Å². The van der Waals surface area contributed by atoms with E-state index in [1.54, 1.807) is 18.3 Å². The van der Waals surface area contributed by atoms with Gasteiger partial charge in [0.15, 0.2) is 0 Å². The molecule has 14 heavy (non-hydrogen) atoms. The van der Waals surface area contributed by atoms with Gasteiger partial charge in [0.25, 0.3) is 0 Å². The van der Waals surface area contributed by atoms with Crippen molar-refractivity contribution in [2.75, 3.05) is 18.5 Å². The van der Waals surface area contributed by atoms with Crippen LogP contribution in [0.5, 0.6) is 0 Å². The summed E-state index contributed by atoms with van der Waals surface area (Å²) >= 11 is 12.0. The topological polar surface area (TPSA) is 34.2 Å². The Morgan fingerprint density at radius 3 is 3.00 bits per heavy atom. The number of pyridine rings is 1. The Morgan fingerprint density at radius 1 is 1.50 bits per heavy atom. The Kier molecular flexibility index (Phi) is 3.11.